The van der Waals surface area contributed by atoms with E-state index in [2.05, 4.69) is 11.9 Å². The van der Waals surface area contributed by atoms with Crippen molar-refractivity contribution < 1.29 is 17.9 Å². The van der Waals surface area contributed by atoms with Crippen molar-refractivity contribution in [3.63, 3.8) is 0 Å². The first-order valence-electron chi connectivity index (χ1n) is 5.79. The van der Waals surface area contributed by atoms with Crippen molar-refractivity contribution in [2.24, 2.45) is 0 Å². The van der Waals surface area contributed by atoms with Crippen LogP contribution in [0, 0.1) is 6.92 Å². The molecule has 1 radical (unpaired) electrons. The van der Waals surface area contributed by atoms with Gasteiger partial charge in [0.15, 0.2) is 0 Å². The van der Waals surface area contributed by atoms with E-state index >= 15 is 0 Å². The average molecular weight is 335 g/mol. The number of benzene rings is 1. The van der Waals surface area contributed by atoms with Crippen molar-refractivity contribution in [1.29, 1.82) is 0 Å². The number of aromatic nitrogens is 1. The molecule has 1 heterocycles. The highest BCUT2D eigenvalue weighted by Crippen LogP contribution is 2.36. The standard InChI is InChI=1S/C14H9Cl2F3NO/c1-2-8-3-4-12(10(15)5-8)21-13-11(16)6-9(7-20-13)14(17,18)19/h3-7H,1-2H2. The Morgan fingerprint density at radius 1 is 1.14 bits per heavy atom. The summed E-state index contributed by atoms with van der Waals surface area (Å²) < 4.78 is 42.9. The molecule has 0 saturated heterocycles. The molecule has 0 amide bonds. The molecule has 0 fully saturated rings. The molecule has 0 spiro atoms. The van der Waals surface area contributed by atoms with Crippen LogP contribution >= 0.6 is 23.2 Å². The summed E-state index contributed by atoms with van der Waals surface area (Å²) in [4.78, 5) is 3.58. The van der Waals surface area contributed by atoms with Gasteiger partial charge in [-0.25, -0.2) is 4.98 Å². The summed E-state index contributed by atoms with van der Waals surface area (Å²) in [7, 11) is 0. The van der Waals surface area contributed by atoms with Crippen molar-refractivity contribution in [2.75, 3.05) is 0 Å². The molecule has 0 aliphatic carbocycles. The van der Waals surface area contributed by atoms with Gasteiger partial charge in [-0.05, 0) is 37.1 Å². The monoisotopic (exact) mass is 334 g/mol. The smallest absolute Gasteiger partial charge is 0.417 e. The van der Waals surface area contributed by atoms with Gasteiger partial charge in [-0.1, -0.05) is 29.3 Å². The predicted octanol–water partition coefficient (Wildman–Crippen LogP) is 5.58. The summed E-state index contributed by atoms with van der Waals surface area (Å²) in [5, 5.41) is 0.0519. The normalized spacial score (nSPS) is 11.5. The molecule has 0 aliphatic rings. The van der Waals surface area contributed by atoms with E-state index < -0.39 is 11.7 Å². The maximum Gasteiger partial charge on any atom is 0.417 e. The minimum absolute atomic E-state index is 0.144. The number of halogens is 5. The van der Waals surface area contributed by atoms with Crippen molar-refractivity contribution in [2.45, 2.75) is 12.6 Å². The van der Waals surface area contributed by atoms with E-state index in [0.717, 1.165) is 11.6 Å². The summed E-state index contributed by atoms with van der Waals surface area (Å²) in [6, 6.07) is 5.73. The van der Waals surface area contributed by atoms with E-state index in [1.54, 1.807) is 18.2 Å². The highest BCUT2D eigenvalue weighted by molar-refractivity contribution is 6.32. The van der Waals surface area contributed by atoms with Crippen molar-refractivity contribution in [3.8, 4) is 11.6 Å². The van der Waals surface area contributed by atoms with Gasteiger partial charge in [0.1, 0.15) is 10.8 Å². The first-order chi connectivity index (χ1) is 9.81. The lowest BCUT2D eigenvalue weighted by Gasteiger charge is -2.11. The molecule has 7 heteroatoms. The zero-order valence-corrected chi connectivity index (χ0v) is 12.1. The second-order valence-corrected chi connectivity index (χ2v) is 4.94. The molecule has 0 saturated carbocycles. The highest BCUT2D eigenvalue weighted by atomic mass is 35.5. The molecule has 0 N–H and O–H groups in total. The third-order valence-corrected chi connectivity index (χ3v) is 3.19. The van der Waals surface area contributed by atoms with Gasteiger partial charge in [-0.2, -0.15) is 13.2 Å². The Balaban J connectivity index is 2.28. The molecule has 1 aromatic heterocycles. The Kier molecular flexibility index (Phi) is 4.64. The molecule has 0 atom stereocenters. The number of ether oxygens (including phenoxy) is 1. The van der Waals surface area contributed by atoms with Crippen LogP contribution in [0.2, 0.25) is 10.0 Å². The molecule has 1 aromatic carbocycles. The summed E-state index contributed by atoms with van der Waals surface area (Å²) in [5.74, 6) is 0.108. The minimum atomic E-state index is -4.51. The lowest BCUT2D eigenvalue weighted by Crippen LogP contribution is -2.05. The first kappa shape index (κ1) is 15.9. The fourth-order valence-corrected chi connectivity index (χ4v) is 1.99. The van der Waals surface area contributed by atoms with Crippen LogP contribution in [0.5, 0.6) is 11.6 Å². The van der Waals surface area contributed by atoms with E-state index in [1.807, 2.05) is 0 Å². The van der Waals surface area contributed by atoms with Gasteiger partial charge >= 0.3 is 6.18 Å². The van der Waals surface area contributed by atoms with Crippen LogP contribution in [0.25, 0.3) is 0 Å². The Morgan fingerprint density at radius 2 is 1.86 bits per heavy atom. The Hall–Kier alpha value is -1.46. The molecule has 21 heavy (non-hydrogen) atoms. The van der Waals surface area contributed by atoms with E-state index in [0.29, 0.717) is 17.6 Å². The van der Waals surface area contributed by atoms with Gasteiger partial charge < -0.3 is 4.74 Å². The Morgan fingerprint density at radius 3 is 2.38 bits per heavy atom. The first-order valence-corrected chi connectivity index (χ1v) is 6.55. The van der Waals surface area contributed by atoms with Crippen LogP contribution in [-0.4, -0.2) is 4.98 Å². The molecule has 2 nitrogen and oxygen atoms in total. The third kappa shape index (κ3) is 3.80. The van der Waals surface area contributed by atoms with Crippen LogP contribution in [0.15, 0.2) is 30.5 Å². The molecule has 0 bridgehead atoms. The molecular weight excluding hydrogens is 326 g/mol. The zero-order valence-electron chi connectivity index (χ0n) is 10.5. The van der Waals surface area contributed by atoms with E-state index in [9.17, 15) is 13.2 Å². The van der Waals surface area contributed by atoms with Crippen molar-refractivity contribution in [1.82, 2.24) is 4.98 Å². The van der Waals surface area contributed by atoms with E-state index in [1.165, 1.54) is 0 Å². The number of rotatable bonds is 3. The number of hydrogen-bond acceptors (Lipinski definition) is 2. The van der Waals surface area contributed by atoms with Crippen LogP contribution in [0.3, 0.4) is 0 Å². The summed E-state index contributed by atoms with van der Waals surface area (Å²) in [6.45, 7) is 3.72. The number of hydrogen-bond donors (Lipinski definition) is 0. The average Bonchev–Trinajstić information content (AvgIpc) is 2.41. The fraction of sp³-hybridized carbons (Fsp3) is 0.143. The largest absolute Gasteiger partial charge is 0.436 e. The number of alkyl halides is 3. The molecule has 2 aromatic rings. The van der Waals surface area contributed by atoms with Gasteiger partial charge in [0.25, 0.3) is 0 Å². The van der Waals surface area contributed by atoms with Gasteiger partial charge in [0.2, 0.25) is 5.88 Å². The summed E-state index contributed by atoms with van der Waals surface area (Å²) in [5.41, 5.74) is -0.0443. The maximum atomic E-state index is 12.5. The third-order valence-electron chi connectivity index (χ3n) is 2.63. The van der Waals surface area contributed by atoms with Crippen molar-refractivity contribution >= 4 is 23.2 Å². The van der Waals surface area contributed by atoms with Crippen LogP contribution in [0.4, 0.5) is 13.2 Å². The summed E-state index contributed by atoms with van der Waals surface area (Å²) in [6.07, 6.45) is -3.30. The Bertz CT molecular complexity index is 659. The lowest BCUT2D eigenvalue weighted by molar-refractivity contribution is -0.137. The topological polar surface area (TPSA) is 22.1 Å². The summed E-state index contributed by atoms with van der Waals surface area (Å²) >= 11 is 11.8. The number of nitrogens with zero attached hydrogens (tertiary/aromatic N) is 1. The predicted molar refractivity (Wildman–Crippen MR) is 74.8 cm³/mol. The minimum Gasteiger partial charge on any atom is -0.436 e. The van der Waals surface area contributed by atoms with Crippen LogP contribution in [0.1, 0.15) is 11.1 Å². The molecule has 111 valence electrons. The second kappa shape index (κ2) is 6.12. The van der Waals surface area contributed by atoms with Gasteiger partial charge in [0, 0.05) is 6.20 Å². The lowest BCUT2D eigenvalue weighted by atomic mass is 10.2. The zero-order chi connectivity index (χ0) is 15.6. The maximum absolute atomic E-state index is 12.5. The SMILES string of the molecule is [CH2]Cc1ccc(Oc2ncc(C(F)(F)F)cc2Cl)c(Cl)c1. The molecular formula is C14H9Cl2F3NO. The highest BCUT2D eigenvalue weighted by Gasteiger charge is 2.31. The van der Waals surface area contributed by atoms with Crippen molar-refractivity contribution in [3.05, 3.63) is 58.6 Å². The second-order valence-electron chi connectivity index (χ2n) is 4.13. The molecule has 0 aliphatic heterocycles. The quantitative estimate of drug-likeness (QED) is 0.731. The van der Waals surface area contributed by atoms with Crippen LogP contribution < -0.4 is 4.74 Å². The van der Waals surface area contributed by atoms with Gasteiger partial charge in [-0.3, -0.25) is 0 Å². The number of pyridine rings is 1. The molecule has 0 unspecified atom stereocenters. The molecule has 2 rings (SSSR count). The Labute approximate surface area is 129 Å². The van der Waals surface area contributed by atoms with Crippen LogP contribution in [-0.2, 0) is 12.6 Å². The van der Waals surface area contributed by atoms with E-state index in [4.69, 9.17) is 27.9 Å². The fourth-order valence-electron chi connectivity index (χ4n) is 1.54. The van der Waals surface area contributed by atoms with Gasteiger partial charge in [-0.15, -0.1) is 0 Å². The van der Waals surface area contributed by atoms with E-state index in [-0.39, 0.29) is 16.7 Å². The van der Waals surface area contributed by atoms with Gasteiger partial charge in [0.05, 0.1) is 10.6 Å².